The van der Waals surface area contributed by atoms with Crippen molar-refractivity contribution >= 4 is 33.4 Å². The van der Waals surface area contributed by atoms with Crippen LogP contribution in [0.15, 0.2) is 36.4 Å². The zero-order valence-electron chi connectivity index (χ0n) is 16.8. The summed E-state index contributed by atoms with van der Waals surface area (Å²) in [6.45, 7) is 8.45. The molecule has 0 saturated carbocycles. The van der Waals surface area contributed by atoms with E-state index in [1.54, 1.807) is 0 Å². The number of nitrogens with zero attached hydrogens (tertiary/aromatic N) is 6. The summed E-state index contributed by atoms with van der Waals surface area (Å²) in [4.78, 5) is 19.7. The average Bonchev–Trinajstić information content (AvgIpc) is 2.74. The number of pyridine rings is 2. The first kappa shape index (κ1) is 17.6. The molecule has 2 aliphatic heterocycles. The lowest BCUT2D eigenvalue weighted by Crippen LogP contribution is -2.44. The van der Waals surface area contributed by atoms with Gasteiger partial charge >= 0.3 is 0 Å². The van der Waals surface area contributed by atoms with Crippen LogP contribution in [0.3, 0.4) is 0 Å². The Morgan fingerprint density at radius 3 is 1.29 bits per heavy atom. The fraction of sp³-hybridized carbons (Fsp3) is 0.455. The molecule has 6 nitrogen and oxygen atoms in total. The van der Waals surface area contributed by atoms with Crippen LogP contribution in [-0.2, 0) is 0 Å². The smallest absolute Gasteiger partial charge is 0.129 e. The largest absolute Gasteiger partial charge is 0.354 e. The summed E-state index contributed by atoms with van der Waals surface area (Å²) >= 11 is 0. The molecule has 2 fully saturated rings. The highest BCUT2D eigenvalue weighted by Crippen LogP contribution is 2.27. The van der Waals surface area contributed by atoms with Crippen molar-refractivity contribution in [3.63, 3.8) is 0 Å². The lowest BCUT2D eigenvalue weighted by Gasteiger charge is -2.33. The zero-order chi connectivity index (χ0) is 19.1. The highest BCUT2D eigenvalue weighted by Gasteiger charge is 2.18. The second kappa shape index (κ2) is 7.18. The van der Waals surface area contributed by atoms with Gasteiger partial charge in [-0.05, 0) is 38.4 Å². The second-order valence-corrected chi connectivity index (χ2v) is 8.13. The summed E-state index contributed by atoms with van der Waals surface area (Å²) < 4.78 is 0. The number of aromatic nitrogens is 2. The van der Waals surface area contributed by atoms with E-state index in [2.05, 4.69) is 70.1 Å². The van der Waals surface area contributed by atoms with Crippen LogP contribution in [0.4, 0.5) is 11.6 Å². The number of likely N-dealkylation sites (N-methyl/N-ethyl adjacent to an activating group) is 2. The van der Waals surface area contributed by atoms with Gasteiger partial charge in [0.15, 0.2) is 0 Å². The first-order chi connectivity index (χ1) is 13.7. The number of rotatable bonds is 2. The van der Waals surface area contributed by atoms with Crippen LogP contribution in [0, 0.1) is 0 Å². The number of fused-ring (bicyclic) bond motifs is 3. The van der Waals surface area contributed by atoms with E-state index in [1.807, 2.05) is 0 Å². The summed E-state index contributed by atoms with van der Waals surface area (Å²) in [6, 6.07) is 13.0. The Bertz CT molecular complexity index is 906. The molecule has 0 unspecified atom stereocenters. The molecule has 0 radical (unpaired) electrons. The Morgan fingerprint density at radius 2 is 0.893 bits per heavy atom. The molecule has 0 atom stereocenters. The Hall–Kier alpha value is -2.44. The average molecular weight is 377 g/mol. The van der Waals surface area contributed by atoms with Crippen molar-refractivity contribution in [2.24, 2.45) is 0 Å². The quantitative estimate of drug-likeness (QED) is 0.639. The van der Waals surface area contributed by atoms with Gasteiger partial charge in [0, 0.05) is 63.1 Å². The summed E-state index contributed by atoms with van der Waals surface area (Å²) in [5.74, 6) is 2.14. The summed E-state index contributed by atoms with van der Waals surface area (Å²) in [7, 11) is 4.37. The molecule has 6 heteroatoms. The van der Waals surface area contributed by atoms with Crippen LogP contribution in [0.2, 0.25) is 0 Å². The fourth-order valence-electron chi connectivity index (χ4n) is 4.17. The van der Waals surface area contributed by atoms with E-state index in [0.717, 1.165) is 85.8 Å². The predicted molar refractivity (Wildman–Crippen MR) is 116 cm³/mol. The number of piperazine rings is 2. The zero-order valence-corrected chi connectivity index (χ0v) is 16.8. The van der Waals surface area contributed by atoms with Gasteiger partial charge in [-0.1, -0.05) is 12.1 Å². The minimum atomic E-state index is 1.02. The molecule has 2 saturated heterocycles. The van der Waals surface area contributed by atoms with Crippen LogP contribution >= 0.6 is 0 Å². The molecule has 5 rings (SSSR count). The molecule has 2 aromatic heterocycles. The molecule has 0 bridgehead atoms. The van der Waals surface area contributed by atoms with Crippen molar-refractivity contribution in [3.05, 3.63) is 36.4 Å². The Balaban J connectivity index is 1.55. The molecule has 1 aromatic carbocycles. The van der Waals surface area contributed by atoms with E-state index in [9.17, 15) is 0 Å². The maximum absolute atomic E-state index is 5.07. The van der Waals surface area contributed by atoms with Crippen molar-refractivity contribution in [2.75, 3.05) is 76.3 Å². The van der Waals surface area contributed by atoms with Crippen LogP contribution < -0.4 is 9.80 Å². The molecule has 0 N–H and O–H groups in total. The van der Waals surface area contributed by atoms with Crippen LogP contribution in [0.25, 0.3) is 21.8 Å². The van der Waals surface area contributed by atoms with E-state index in [0.29, 0.717) is 0 Å². The van der Waals surface area contributed by atoms with Gasteiger partial charge in [0.05, 0.1) is 11.0 Å². The molecule has 146 valence electrons. The highest BCUT2D eigenvalue weighted by atomic mass is 15.3. The van der Waals surface area contributed by atoms with Gasteiger partial charge in [0.25, 0.3) is 0 Å². The van der Waals surface area contributed by atoms with E-state index in [4.69, 9.17) is 9.97 Å². The molecular formula is C22H28N6. The molecule has 4 heterocycles. The van der Waals surface area contributed by atoms with E-state index in [1.165, 1.54) is 0 Å². The number of hydrogen-bond donors (Lipinski definition) is 0. The first-order valence-corrected chi connectivity index (χ1v) is 10.2. The van der Waals surface area contributed by atoms with Crippen LogP contribution in [0.1, 0.15) is 0 Å². The standard InChI is InChI=1S/C22H28N6/c1-25-9-13-27(14-10-25)19-7-5-17-3-4-18-6-8-20(24-22(18)21(17)23-19)28-15-11-26(2)12-16-28/h3-8H,9-16H2,1-2H3. The van der Waals surface area contributed by atoms with Gasteiger partial charge in [-0.15, -0.1) is 0 Å². The maximum atomic E-state index is 5.07. The lowest BCUT2D eigenvalue weighted by atomic mass is 10.1. The Labute approximate surface area is 166 Å². The van der Waals surface area contributed by atoms with Gasteiger partial charge in [-0.25, -0.2) is 9.97 Å². The third kappa shape index (κ3) is 3.27. The van der Waals surface area contributed by atoms with E-state index < -0.39 is 0 Å². The van der Waals surface area contributed by atoms with Crippen molar-refractivity contribution in [1.29, 1.82) is 0 Å². The van der Waals surface area contributed by atoms with Gasteiger partial charge in [0.1, 0.15) is 11.6 Å². The lowest BCUT2D eigenvalue weighted by molar-refractivity contribution is 0.312. The molecule has 0 amide bonds. The van der Waals surface area contributed by atoms with Crippen molar-refractivity contribution < 1.29 is 0 Å². The second-order valence-electron chi connectivity index (χ2n) is 8.13. The summed E-state index contributed by atoms with van der Waals surface area (Å²) in [5.41, 5.74) is 2.04. The van der Waals surface area contributed by atoms with Crippen molar-refractivity contribution in [3.8, 4) is 0 Å². The number of benzene rings is 1. The minimum Gasteiger partial charge on any atom is -0.354 e. The first-order valence-electron chi connectivity index (χ1n) is 10.2. The Kier molecular flexibility index (Phi) is 4.53. The van der Waals surface area contributed by atoms with Gasteiger partial charge in [-0.2, -0.15) is 0 Å². The number of hydrogen-bond acceptors (Lipinski definition) is 6. The highest BCUT2D eigenvalue weighted by molar-refractivity contribution is 6.03. The van der Waals surface area contributed by atoms with Gasteiger partial charge < -0.3 is 19.6 Å². The van der Waals surface area contributed by atoms with Gasteiger partial charge in [-0.3, -0.25) is 0 Å². The topological polar surface area (TPSA) is 38.7 Å². The van der Waals surface area contributed by atoms with Crippen LogP contribution in [-0.4, -0.2) is 86.2 Å². The number of anilines is 2. The van der Waals surface area contributed by atoms with E-state index in [-0.39, 0.29) is 0 Å². The molecule has 0 spiro atoms. The van der Waals surface area contributed by atoms with Crippen molar-refractivity contribution in [2.45, 2.75) is 0 Å². The third-order valence-corrected chi connectivity index (χ3v) is 6.14. The SMILES string of the molecule is CN1CCN(c2ccc3ccc4ccc(N5CCN(C)CC5)nc4c3n2)CC1. The maximum Gasteiger partial charge on any atom is 0.129 e. The molecule has 0 aliphatic carbocycles. The third-order valence-electron chi connectivity index (χ3n) is 6.14. The Morgan fingerprint density at radius 1 is 0.536 bits per heavy atom. The molecular weight excluding hydrogens is 348 g/mol. The minimum absolute atomic E-state index is 1.02. The fourth-order valence-corrected chi connectivity index (χ4v) is 4.17. The van der Waals surface area contributed by atoms with E-state index >= 15 is 0 Å². The van der Waals surface area contributed by atoms with Gasteiger partial charge in [0.2, 0.25) is 0 Å². The van der Waals surface area contributed by atoms with Crippen molar-refractivity contribution in [1.82, 2.24) is 19.8 Å². The predicted octanol–water partition coefficient (Wildman–Crippen LogP) is 2.29. The van der Waals surface area contributed by atoms with Crippen LogP contribution in [0.5, 0.6) is 0 Å². The molecule has 28 heavy (non-hydrogen) atoms. The summed E-state index contributed by atoms with van der Waals surface area (Å²) in [5, 5.41) is 2.32. The normalized spacial score (nSPS) is 19.6. The summed E-state index contributed by atoms with van der Waals surface area (Å²) in [6.07, 6.45) is 0. The monoisotopic (exact) mass is 376 g/mol. The molecule has 2 aliphatic rings. The molecule has 3 aromatic rings.